The maximum atomic E-state index is 13.5. The first-order chi connectivity index (χ1) is 15.6. The molecule has 1 aliphatic heterocycles. The van der Waals surface area contributed by atoms with Crippen LogP contribution in [0.2, 0.25) is 0 Å². The molecule has 4 aliphatic carbocycles. The van der Waals surface area contributed by atoms with Gasteiger partial charge in [0.2, 0.25) is 0 Å². The molecule has 1 aromatic carbocycles. The number of carbonyl (C=O) groups excluding carboxylic acids is 2. The van der Waals surface area contributed by atoms with Crippen molar-refractivity contribution in [3.05, 3.63) is 47.5 Å². The first-order valence-electron chi connectivity index (χ1n) is 12.8. The molecule has 0 spiro atoms. The van der Waals surface area contributed by atoms with Crippen LogP contribution < -0.4 is 0 Å². The number of benzene rings is 1. The predicted molar refractivity (Wildman–Crippen MR) is 125 cm³/mol. The van der Waals surface area contributed by atoms with Crippen molar-refractivity contribution in [2.75, 3.05) is 0 Å². The van der Waals surface area contributed by atoms with Gasteiger partial charge in [-0.15, -0.1) is 0 Å². The van der Waals surface area contributed by atoms with Crippen LogP contribution in [-0.2, 0) is 24.8 Å². The molecule has 0 bridgehead atoms. The van der Waals surface area contributed by atoms with E-state index < -0.39 is 11.4 Å². The molecule has 4 nitrogen and oxygen atoms in total. The lowest BCUT2D eigenvalue weighted by atomic mass is 9.46. The third kappa shape index (κ3) is 2.65. The van der Waals surface area contributed by atoms with E-state index in [4.69, 9.17) is 9.47 Å². The van der Waals surface area contributed by atoms with Crippen molar-refractivity contribution in [3.8, 4) is 0 Å². The highest BCUT2D eigenvalue weighted by atomic mass is 16.8. The number of carbonyl (C=O) groups is 2. The molecule has 5 aliphatic rings. The summed E-state index contributed by atoms with van der Waals surface area (Å²) in [4.78, 5) is 25.6. The molecule has 33 heavy (non-hydrogen) atoms. The van der Waals surface area contributed by atoms with Crippen LogP contribution in [0, 0.1) is 28.6 Å². The van der Waals surface area contributed by atoms with Crippen LogP contribution in [0.5, 0.6) is 0 Å². The maximum Gasteiger partial charge on any atom is 0.193 e. The van der Waals surface area contributed by atoms with Crippen LogP contribution in [-0.4, -0.2) is 23.3 Å². The van der Waals surface area contributed by atoms with E-state index in [9.17, 15) is 9.59 Å². The summed E-state index contributed by atoms with van der Waals surface area (Å²) in [5, 5.41) is 0. The number of hydrogen-bond acceptors (Lipinski definition) is 4. The van der Waals surface area contributed by atoms with Crippen molar-refractivity contribution < 1.29 is 19.1 Å². The van der Waals surface area contributed by atoms with Gasteiger partial charge in [-0.1, -0.05) is 49.8 Å². The molecule has 4 fully saturated rings. The second-order valence-corrected chi connectivity index (χ2v) is 12.0. The minimum absolute atomic E-state index is 0.112. The average molecular weight is 449 g/mol. The quantitative estimate of drug-likeness (QED) is 0.579. The Balaban J connectivity index is 1.38. The van der Waals surface area contributed by atoms with Crippen LogP contribution >= 0.6 is 0 Å². The normalized spacial score (nSPS) is 48.4. The number of ketones is 2. The topological polar surface area (TPSA) is 52.6 Å². The van der Waals surface area contributed by atoms with Crippen LogP contribution in [0.25, 0.3) is 0 Å². The fourth-order valence-electron chi connectivity index (χ4n) is 9.02. The SMILES string of the molecule is CC(=O)[C@]12O[C@](C)(c3ccccc3)O[C@@H]1CC1C3CCC4=CC(=O)CC[C@@]4(C)C3CC[C@]12C. The fraction of sp³-hybridized carbons (Fsp3) is 0.655. The summed E-state index contributed by atoms with van der Waals surface area (Å²) >= 11 is 0. The van der Waals surface area contributed by atoms with Gasteiger partial charge < -0.3 is 9.47 Å². The highest BCUT2D eigenvalue weighted by Gasteiger charge is 2.75. The Hall–Kier alpha value is -1.78. The maximum absolute atomic E-state index is 13.5. The van der Waals surface area contributed by atoms with Gasteiger partial charge in [0.1, 0.15) is 0 Å². The van der Waals surface area contributed by atoms with Crippen LogP contribution in [0.1, 0.15) is 78.2 Å². The molecule has 176 valence electrons. The minimum Gasteiger partial charge on any atom is -0.339 e. The molecule has 0 radical (unpaired) electrons. The summed E-state index contributed by atoms with van der Waals surface area (Å²) in [6, 6.07) is 10.1. The van der Waals surface area contributed by atoms with E-state index in [-0.39, 0.29) is 22.7 Å². The van der Waals surface area contributed by atoms with Crippen molar-refractivity contribution >= 4 is 11.6 Å². The number of hydrogen-bond donors (Lipinski definition) is 0. The Bertz CT molecular complexity index is 1040. The molecule has 1 saturated heterocycles. The van der Waals surface area contributed by atoms with Gasteiger partial charge >= 0.3 is 0 Å². The molecule has 3 saturated carbocycles. The number of ether oxygens (including phenoxy) is 2. The molecule has 6 rings (SSSR count). The molecule has 8 atom stereocenters. The zero-order valence-corrected chi connectivity index (χ0v) is 20.4. The number of Topliss-reactive ketones (excluding diaryl/α,β-unsaturated/α-hetero) is 1. The van der Waals surface area contributed by atoms with Gasteiger partial charge in [-0.05, 0) is 81.6 Å². The van der Waals surface area contributed by atoms with Crippen LogP contribution in [0.4, 0.5) is 0 Å². The average Bonchev–Trinajstić information content (AvgIpc) is 3.23. The summed E-state index contributed by atoms with van der Waals surface area (Å²) in [5.74, 6) is 1.04. The lowest BCUT2D eigenvalue weighted by Crippen LogP contribution is -2.59. The number of allylic oxidation sites excluding steroid dienone is 1. The molecular formula is C29H36O4. The van der Waals surface area contributed by atoms with Crippen LogP contribution in [0.3, 0.4) is 0 Å². The lowest BCUT2D eigenvalue weighted by Gasteiger charge is -2.59. The zero-order chi connectivity index (χ0) is 23.2. The second kappa shape index (κ2) is 6.88. The predicted octanol–water partition coefficient (Wildman–Crippen LogP) is 5.74. The molecule has 0 amide bonds. The van der Waals surface area contributed by atoms with Gasteiger partial charge in [0, 0.05) is 17.4 Å². The molecule has 0 N–H and O–H groups in total. The molecular weight excluding hydrogens is 412 g/mol. The largest absolute Gasteiger partial charge is 0.339 e. The smallest absolute Gasteiger partial charge is 0.193 e. The van der Waals surface area contributed by atoms with Crippen LogP contribution in [0.15, 0.2) is 42.0 Å². The van der Waals surface area contributed by atoms with Gasteiger partial charge in [0.25, 0.3) is 0 Å². The molecule has 1 aromatic rings. The van der Waals surface area contributed by atoms with Crippen molar-refractivity contribution in [1.29, 1.82) is 0 Å². The van der Waals surface area contributed by atoms with Gasteiger partial charge in [0.15, 0.2) is 23.0 Å². The first kappa shape index (κ1) is 21.7. The van der Waals surface area contributed by atoms with Crippen molar-refractivity contribution in [1.82, 2.24) is 0 Å². The van der Waals surface area contributed by atoms with E-state index in [2.05, 4.69) is 13.8 Å². The van der Waals surface area contributed by atoms with Crippen molar-refractivity contribution in [2.45, 2.75) is 90.1 Å². The van der Waals surface area contributed by atoms with E-state index in [0.29, 0.717) is 30.0 Å². The Morgan fingerprint density at radius 3 is 2.48 bits per heavy atom. The summed E-state index contributed by atoms with van der Waals surface area (Å²) in [7, 11) is 0. The third-order valence-corrected chi connectivity index (χ3v) is 10.7. The molecule has 3 unspecified atom stereocenters. The van der Waals surface area contributed by atoms with Gasteiger partial charge in [-0.25, -0.2) is 0 Å². The van der Waals surface area contributed by atoms with Gasteiger partial charge in [-0.2, -0.15) is 0 Å². The van der Waals surface area contributed by atoms with Gasteiger partial charge in [-0.3, -0.25) is 9.59 Å². The highest BCUT2D eigenvalue weighted by molar-refractivity contribution is 5.91. The summed E-state index contributed by atoms with van der Waals surface area (Å²) in [6.07, 6.45) is 8.46. The van der Waals surface area contributed by atoms with E-state index >= 15 is 0 Å². The van der Waals surface area contributed by atoms with E-state index in [1.807, 2.05) is 43.3 Å². The number of rotatable bonds is 2. The van der Waals surface area contributed by atoms with E-state index in [1.54, 1.807) is 6.92 Å². The second-order valence-electron chi connectivity index (χ2n) is 12.0. The van der Waals surface area contributed by atoms with Crippen molar-refractivity contribution in [2.24, 2.45) is 28.6 Å². The first-order valence-corrected chi connectivity index (χ1v) is 12.8. The monoisotopic (exact) mass is 448 g/mol. The summed E-state index contributed by atoms with van der Waals surface area (Å²) in [6.45, 7) is 8.41. The van der Waals surface area contributed by atoms with Crippen molar-refractivity contribution in [3.63, 3.8) is 0 Å². The summed E-state index contributed by atoms with van der Waals surface area (Å²) in [5.41, 5.74) is 1.35. The zero-order valence-electron chi connectivity index (χ0n) is 20.4. The summed E-state index contributed by atoms with van der Waals surface area (Å²) < 4.78 is 13.6. The molecule has 1 heterocycles. The minimum atomic E-state index is -0.902. The Morgan fingerprint density at radius 2 is 1.76 bits per heavy atom. The van der Waals surface area contributed by atoms with E-state index in [0.717, 1.165) is 44.1 Å². The van der Waals surface area contributed by atoms with Gasteiger partial charge in [0.05, 0.1) is 6.10 Å². The number of fused-ring (bicyclic) bond motifs is 7. The Kier molecular flexibility index (Phi) is 4.53. The highest BCUT2D eigenvalue weighted by Crippen LogP contribution is 2.71. The Labute approximate surface area is 197 Å². The third-order valence-electron chi connectivity index (χ3n) is 10.7. The lowest BCUT2D eigenvalue weighted by molar-refractivity contribution is -0.227. The fourth-order valence-corrected chi connectivity index (χ4v) is 9.02. The van der Waals surface area contributed by atoms with E-state index in [1.165, 1.54) is 5.57 Å². The Morgan fingerprint density at radius 1 is 1.00 bits per heavy atom. The molecule has 4 heteroatoms. The standard InChI is InChI=1S/C29H36O4/c1-18(30)29-25(32-28(4,33-29)19-8-6-5-7-9-19)17-24-22-11-10-20-16-21(31)12-14-26(20,2)23(22)13-15-27(24,29)3/h5-9,16,22-25H,10-15,17H2,1-4H3/t22?,23?,24?,25-,26-,27-,28-,29+/m1/s1. The molecule has 0 aromatic heterocycles.